The number of hydrogen-bond donors (Lipinski definition) is 0. The van der Waals surface area contributed by atoms with Gasteiger partial charge in [-0.1, -0.05) is 22.0 Å². The Kier molecular flexibility index (Phi) is 3.40. The zero-order valence-electron chi connectivity index (χ0n) is 12.1. The molecule has 1 unspecified atom stereocenters. The van der Waals surface area contributed by atoms with Crippen molar-refractivity contribution in [2.75, 3.05) is 0 Å². The summed E-state index contributed by atoms with van der Waals surface area (Å²) in [7, 11) is 0. The topological polar surface area (TPSA) is 0 Å². The van der Waals surface area contributed by atoms with Gasteiger partial charge in [0, 0.05) is 4.83 Å². The van der Waals surface area contributed by atoms with Crippen molar-refractivity contribution in [1.29, 1.82) is 0 Å². The Morgan fingerprint density at radius 2 is 1.57 bits per heavy atom. The van der Waals surface area contributed by atoms with Crippen LogP contribution in [0.25, 0.3) is 0 Å². The summed E-state index contributed by atoms with van der Waals surface area (Å²) in [6.07, 6.45) is 9.45. The molecule has 4 aliphatic rings. The lowest BCUT2D eigenvalue weighted by Gasteiger charge is -2.57. The van der Waals surface area contributed by atoms with Gasteiger partial charge in [-0.25, -0.2) is 8.78 Å². The van der Waals surface area contributed by atoms with E-state index in [0.717, 1.165) is 29.7 Å². The van der Waals surface area contributed by atoms with Crippen LogP contribution in [0.15, 0.2) is 18.2 Å². The van der Waals surface area contributed by atoms with Crippen molar-refractivity contribution in [1.82, 2.24) is 0 Å². The third-order valence-corrected chi connectivity index (χ3v) is 6.94. The molecule has 0 amide bonds. The fourth-order valence-electron chi connectivity index (χ4n) is 5.75. The second-order valence-corrected chi connectivity index (χ2v) is 8.87. The van der Waals surface area contributed by atoms with Crippen LogP contribution in [0.3, 0.4) is 0 Å². The molecule has 3 heteroatoms. The predicted molar refractivity (Wildman–Crippen MR) is 83.2 cm³/mol. The molecule has 0 aliphatic heterocycles. The van der Waals surface area contributed by atoms with E-state index in [0.29, 0.717) is 5.41 Å². The van der Waals surface area contributed by atoms with E-state index in [-0.39, 0.29) is 4.83 Å². The highest BCUT2D eigenvalue weighted by molar-refractivity contribution is 9.09. The maximum absolute atomic E-state index is 13.4. The van der Waals surface area contributed by atoms with Crippen LogP contribution < -0.4 is 0 Å². The number of benzene rings is 1. The molecule has 4 bridgehead atoms. The van der Waals surface area contributed by atoms with E-state index < -0.39 is 11.6 Å². The largest absolute Gasteiger partial charge is 0.204 e. The summed E-state index contributed by atoms with van der Waals surface area (Å²) in [5.41, 5.74) is 1.33. The summed E-state index contributed by atoms with van der Waals surface area (Å²) < 4.78 is 26.5. The van der Waals surface area contributed by atoms with Crippen molar-refractivity contribution in [3.05, 3.63) is 35.4 Å². The van der Waals surface area contributed by atoms with Crippen molar-refractivity contribution in [3.8, 4) is 0 Å². The highest BCUT2D eigenvalue weighted by atomic mass is 79.9. The van der Waals surface area contributed by atoms with E-state index in [1.54, 1.807) is 6.07 Å². The van der Waals surface area contributed by atoms with Crippen molar-refractivity contribution in [3.63, 3.8) is 0 Å². The second-order valence-electron chi connectivity index (χ2n) is 7.76. The Hall–Kier alpha value is -0.440. The predicted octanol–water partition coefficient (Wildman–Crippen LogP) is 6.01. The van der Waals surface area contributed by atoms with E-state index >= 15 is 0 Å². The van der Waals surface area contributed by atoms with Gasteiger partial charge in [-0.05, 0) is 85.8 Å². The molecule has 0 heterocycles. The molecule has 0 N–H and O–H groups in total. The van der Waals surface area contributed by atoms with Crippen LogP contribution in [0.1, 0.15) is 55.3 Å². The number of halogens is 3. The molecule has 1 aromatic carbocycles. The molecule has 0 saturated heterocycles. The van der Waals surface area contributed by atoms with Gasteiger partial charge in [0.1, 0.15) is 0 Å². The molecule has 0 radical (unpaired) electrons. The zero-order valence-corrected chi connectivity index (χ0v) is 13.7. The molecular formula is C18H21BrF2. The minimum atomic E-state index is -0.756. The third-order valence-electron chi connectivity index (χ3n) is 6.08. The first-order valence-electron chi connectivity index (χ1n) is 8.12. The number of alkyl halides is 1. The molecule has 21 heavy (non-hydrogen) atoms. The second kappa shape index (κ2) is 5.04. The average molecular weight is 355 g/mol. The van der Waals surface area contributed by atoms with E-state index in [2.05, 4.69) is 15.9 Å². The maximum Gasteiger partial charge on any atom is 0.159 e. The van der Waals surface area contributed by atoms with E-state index in [4.69, 9.17) is 0 Å². The molecular weight excluding hydrogens is 334 g/mol. The number of hydrogen-bond acceptors (Lipinski definition) is 0. The highest BCUT2D eigenvalue weighted by Gasteiger charge is 2.51. The summed E-state index contributed by atoms with van der Waals surface area (Å²) in [6.45, 7) is 0. The first kappa shape index (κ1) is 14.2. The Morgan fingerprint density at radius 1 is 1.00 bits per heavy atom. The normalized spacial score (nSPS) is 38.7. The van der Waals surface area contributed by atoms with Crippen LogP contribution in [0, 0.1) is 34.8 Å². The molecule has 0 spiro atoms. The Morgan fingerprint density at radius 3 is 2.10 bits per heavy atom. The number of rotatable bonds is 3. The molecule has 1 atom stereocenters. The van der Waals surface area contributed by atoms with Gasteiger partial charge in [0.05, 0.1) is 0 Å². The quantitative estimate of drug-likeness (QED) is 0.583. The molecule has 4 aliphatic carbocycles. The third kappa shape index (κ3) is 2.56. The van der Waals surface area contributed by atoms with Gasteiger partial charge in [-0.15, -0.1) is 0 Å². The molecule has 114 valence electrons. The van der Waals surface area contributed by atoms with E-state index in [9.17, 15) is 8.78 Å². The molecule has 0 nitrogen and oxygen atoms in total. The standard InChI is InChI=1S/C18H21BrF2/c19-15(14-1-2-16(20)17(21)6-14)10-18-7-11-3-12(8-18)5-13(4-11)9-18/h1-2,6,11-13,15H,3-5,7-10H2. The van der Waals surface area contributed by atoms with Crippen LogP contribution in [0.2, 0.25) is 0 Å². The molecule has 1 aromatic rings. The lowest BCUT2D eigenvalue weighted by molar-refractivity contribution is -0.0571. The van der Waals surface area contributed by atoms with Crippen LogP contribution in [-0.2, 0) is 0 Å². The van der Waals surface area contributed by atoms with Crippen LogP contribution in [-0.4, -0.2) is 0 Å². The smallest absolute Gasteiger partial charge is 0.159 e. The lowest BCUT2D eigenvalue weighted by atomic mass is 9.48. The van der Waals surface area contributed by atoms with Gasteiger partial charge in [-0.3, -0.25) is 0 Å². The highest BCUT2D eigenvalue weighted by Crippen LogP contribution is 2.63. The minimum absolute atomic E-state index is 0.142. The SMILES string of the molecule is Fc1ccc(C(Br)CC23CC4CC(CC(C4)C2)C3)cc1F. The van der Waals surface area contributed by atoms with Gasteiger partial charge in [0.15, 0.2) is 11.6 Å². The van der Waals surface area contributed by atoms with E-state index in [1.807, 2.05) is 0 Å². The first-order chi connectivity index (χ1) is 10.0. The summed E-state index contributed by atoms with van der Waals surface area (Å²) >= 11 is 3.75. The maximum atomic E-state index is 13.4. The van der Waals surface area contributed by atoms with Crippen molar-refractivity contribution in [2.24, 2.45) is 23.2 Å². The summed E-state index contributed by atoms with van der Waals surface area (Å²) in [4.78, 5) is 0.142. The Labute approximate surface area is 133 Å². The molecule has 0 aromatic heterocycles. The minimum Gasteiger partial charge on any atom is -0.204 e. The van der Waals surface area contributed by atoms with Crippen LogP contribution in [0.4, 0.5) is 8.78 Å². The van der Waals surface area contributed by atoms with Crippen molar-refractivity contribution >= 4 is 15.9 Å². The molecule has 5 rings (SSSR count). The Balaban J connectivity index is 1.53. The fourth-order valence-corrected chi connectivity index (χ4v) is 6.72. The van der Waals surface area contributed by atoms with Crippen LogP contribution >= 0.6 is 15.9 Å². The Bertz CT molecular complexity index is 519. The molecule has 4 fully saturated rings. The van der Waals surface area contributed by atoms with Crippen molar-refractivity contribution < 1.29 is 8.78 Å². The van der Waals surface area contributed by atoms with Gasteiger partial charge < -0.3 is 0 Å². The summed E-state index contributed by atoms with van der Waals surface area (Å²) in [5.74, 6) is 1.30. The summed E-state index contributed by atoms with van der Waals surface area (Å²) in [5, 5.41) is 0. The fraction of sp³-hybridized carbons (Fsp3) is 0.667. The van der Waals surface area contributed by atoms with Gasteiger partial charge in [0.2, 0.25) is 0 Å². The molecule has 4 saturated carbocycles. The van der Waals surface area contributed by atoms with Crippen LogP contribution in [0.5, 0.6) is 0 Å². The first-order valence-corrected chi connectivity index (χ1v) is 9.04. The zero-order chi connectivity index (χ0) is 14.6. The average Bonchev–Trinajstić information content (AvgIpc) is 2.39. The lowest BCUT2D eigenvalue weighted by Crippen LogP contribution is -2.46. The monoisotopic (exact) mass is 354 g/mol. The van der Waals surface area contributed by atoms with Crippen molar-refractivity contribution in [2.45, 2.75) is 49.8 Å². The van der Waals surface area contributed by atoms with Gasteiger partial charge in [0.25, 0.3) is 0 Å². The summed E-state index contributed by atoms with van der Waals surface area (Å²) in [6, 6.07) is 4.33. The van der Waals surface area contributed by atoms with Gasteiger partial charge in [-0.2, -0.15) is 0 Å². The van der Waals surface area contributed by atoms with Gasteiger partial charge >= 0.3 is 0 Å². The van der Waals surface area contributed by atoms with E-state index in [1.165, 1.54) is 50.7 Å².